The summed E-state index contributed by atoms with van der Waals surface area (Å²) in [7, 11) is -4.37. The molecule has 1 aliphatic heterocycles. The lowest BCUT2D eigenvalue weighted by atomic mass is 10.0. The molecule has 0 saturated carbocycles. The Hall–Kier alpha value is -4.64. The van der Waals surface area contributed by atoms with Crippen LogP contribution in [0.1, 0.15) is 40.9 Å². The number of carboxylic acid groups (broad SMARTS) is 1. The molecule has 1 aliphatic rings. The lowest BCUT2D eigenvalue weighted by molar-refractivity contribution is -0.126. The lowest BCUT2D eigenvalue weighted by Crippen LogP contribution is -2.37. The van der Waals surface area contributed by atoms with Crippen LogP contribution in [0.2, 0.25) is 0 Å². The Morgan fingerprint density at radius 2 is 1.82 bits per heavy atom. The Bertz CT molecular complexity index is 1690. The van der Waals surface area contributed by atoms with Gasteiger partial charge in [0.25, 0.3) is 15.9 Å². The summed E-state index contributed by atoms with van der Waals surface area (Å²) in [6, 6.07) is 18.9. The highest BCUT2D eigenvalue weighted by Crippen LogP contribution is 2.36. The van der Waals surface area contributed by atoms with Crippen molar-refractivity contribution in [2.75, 3.05) is 6.79 Å². The fraction of sp³-hybridized carbons (Fsp3) is 0.179. The standard InChI is InChI=1S/C28H24N2O8S/c1-2-5-18-14-20(28(32)33)9-11-22(18)38-26(19-8-12-23-24(15-19)37-16-36-23)27(31)30-39(34,35)25-13-10-17-6-3-4-7-21(17)29-25/h3-4,6-15,26H,2,5,16H2,1H3,(H,30,31)(H,32,33). The van der Waals surface area contributed by atoms with E-state index in [4.69, 9.17) is 14.2 Å². The minimum Gasteiger partial charge on any atom is -0.478 e. The van der Waals surface area contributed by atoms with Gasteiger partial charge >= 0.3 is 5.97 Å². The zero-order chi connectivity index (χ0) is 27.6. The van der Waals surface area contributed by atoms with E-state index in [2.05, 4.69) is 9.71 Å². The van der Waals surface area contributed by atoms with E-state index in [0.29, 0.717) is 41.0 Å². The second kappa shape index (κ2) is 10.6. The molecular formula is C28H24N2O8S. The van der Waals surface area contributed by atoms with Gasteiger partial charge in [-0.05, 0) is 60.5 Å². The van der Waals surface area contributed by atoms with E-state index in [9.17, 15) is 23.1 Å². The van der Waals surface area contributed by atoms with Crippen molar-refractivity contribution in [2.24, 2.45) is 0 Å². The van der Waals surface area contributed by atoms with E-state index < -0.39 is 28.0 Å². The molecular weight excluding hydrogens is 524 g/mol. The van der Waals surface area contributed by atoms with Crippen molar-refractivity contribution in [2.45, 2.75) is 30.9 Å². The molecule has 5 rings (SSSR count). The van der Waals surface area contributed by atoms with Crippen molar-refractivity contribution in [3.8, 4) is 17.2 Å². The second-order valence-electron chi connectivity index (χ2n) is 8.80. The van der Waals surface area contributed by atoms with Gasteiger partial charge in [0.2, 0.25) is 12.9 Å². The highest BCUT2D eigenvalue weighted by atomic mass is 32.2. The largest absolute Gasteiger partial charge is 0.478 e. The maximum atomic E-state index is 13.5. The summed E-state index contributed by atoms with van der Waals surface area (Å²) < 4.78 is 45.4. The van der Waals surface area contributed by atoms with E-state index in [1.807, 2.05) is 13.0 Å². The van der Waals surface area contributed by atoms with Gasteiger partial charge in [0.05, 0.1) is 11.1 Å². The quantitative estimate of drug-likeness (QED) is 0.314. The van der Waals surface area contributed by atoms with Gasteiger partial charge in [0.15, 0.2) is 16.5 Å². The summed E-state index contributed by atoms with van der Waals surface area (Å²) >= 11 is 0. The van der Waals surface area contributed by atoms with E-state index in [1.165, 1.54) is 24.3 Å². The summed E-state index contributed by atoms with van der Waals surface area (Å²) in [5, 5.41) is 9.83. The number of hydrogen-bond donors (Lipinski definition) is 2. The fourth-order valence-electron chi connectivity index (χ4n) is 4.20. The molecule has 39 heavy (non-hydrogen) atoms. The maximum absolute atomic E-state index is 13.5. The first-order chi connectivity index (χ1) is 18.7. The number of aromatic carboxylic acids is 1. The van der Waals surface area contributed by atoms with Crippen molar-refractivity contribution >= 4 is 32.8 Å². The molecule has 2 heterocycles. The van der Waals surface area contributed by atoms with E-state index in [1.54, 1.807) is 42.5 Å². The first kappa shape index (κ1) is 26.0. The number of aromatic nitrogens is 1. The first-order valence-electron chi connectivity index (χ1n) is 12.1. The molecule has 2 N–H and O–H groups in total. The Morgan fingerprint density at radius 1 is 1.03 bits per heavy atom. The highest BCUT2D eigenvalue weighted by molar-refractivity contribution is 7.90. The van der Waals surface area contributed by atoms with Crippen molar-refractivity contribution in [3.63, 3.8) is 0 Å². The van der Waals surface area contributed by atoms with Crippen LogP contribution in [0.4, 0.5) is 0 Å². The average molecular weight is 549 g/mol. The third-order valence-corrected chi connectivity index (χ3v) is 7.34. The van der Waals surface area contributed by atoms with Crippen molar-refractivity contribution < 1.29 is 37.3 Å². The van der Waals surface area contributed by atoms with Crippen LogP contribution in [0.15, 0.2) is 77.8 Å². The van der Waals surface area contributed by atoms with Gasteiger partial charge in [-0.1, -0.05) is 37.6 Å². The summed E-state index contributed by atoms with van der Waals surface area (Å²) in [6.45, 7) is 1.93. The normalized spacial score (nSPS) is 13.2. The lowest BCUT2D eigenvalue weighted by Gasteiger charge is -2.21. The number of pyridine rings is 1. The van der Waals surface area contributed by atoms with Crippen LogP contribution >= 0.6 is 0 Å². The zero-order valence-electron chi connectivity index (χ0n) is 20.8. The fourth-order valence-corrected chi connectivity index (χ4v) is 5.15. The van der Waals surface area contributed by atoms with Gasteiger partial charge in [-0.2, -0.15) is 8.42 Å². The molecule has 200 valence electrons. The summed E-state index contributed by atoms with van der Waals surface area (Å²) in [5.74, 6) is -0.959. The summed E-state index contributed by atoms with van der Waals surface area (Å²) in [5.41, 5.74) is 1.40. The number of carbonyl (C=O) groups is 2. The number of ether oxygens (including phenoxy) is 3. The predicted molar refractivity (Wildman–Crippen MR) is 140 cm³/mol. The summed E-state index contributed by atoms with van der Waals surface area (Å²) in [4.78, 5) is 29.2. The van der Waals surface area contributed by atoms with Crippen molar-refractivity contribution in [1.29, 1.82) is 0 Å². The third-order valence-electron chi connectivity index (χ3n) is 6.09. The Labute approximate surface area is 224 Å². The van der Waals surface area contributed by atoms with Crippen LogP contribution in [0.25, 0.3) is 10.9 Å². The average Bonchev–Trinajstić information content (AvgIpc) is 3.40. The Kier molecular flexibility index (Phi) is 7.07. The second-order valence-corrected chi connectivity index (χ2v) is 10.4. The van der Waals surface area contributed by atoms with Crippen LogP contribution in [0, 0.1) is 0 Å². The number of carboxylic acids is 1. The number of benzene rings is 3. The van der Waals surface area contributed by atoms with Gasteiger partial charge in [-0.3, -0.25) is 4.79 Å². The first-order valence-corrected chi connectivity index (χ1v) is 13.6. The van der Waals surface area contributed by atoms with Crippen molar-refractivity contribution in [1.82, 2.24) is 9.71 Å². The number of nitrogens with one attached hydrogen (secondary N) is 1. The molecule has 1 unspecified atom stereocenters. The van der Waals surface area contributed by atoms with Crippen LogP contribution in [0.5, 0.6) is 17.2 Å². The molecule has 4 aromatic rings. The molecule has 0 aliphatic carbocycles. The molecule has 0 radical (unpaired) electrons. The number of aryl methyl sites for hydroxylation is 1. The smallest absolute Gasteiger partial charge is 0.335 e. The highest BCUT2D eigenvalue weighted by Gasteiger charge is 2.31. The predicted octanol–water partition coefficient (Wildman–Crippen LogP) is 4.24. The Morgan fingerprint density at radius 3 is 2.62 bits per heavy atom. The van der Waals surface area contributed by atoms with Gasteiger partial charge in [-0.25, -0.2) is 14.5 Å². The number of fused-ring (bicyclic) bond motifs is 2. The van der Waals surface area contributed by atoms with Crippen LogP contribution < -0.4 is 18.9 Å². The number of carbonyl (C=O) groups excluding carboxylic acids is 1. The monoisotopic (exact) mass is 548 g/mol. The van der Waals surface area contributed by atoms with E-state index in [0.717, 1.165) is 5.39 Å². The molecule has 1 atom stereocenters. The minimum atomic E-state index is -4.37. The van der Waals surface area contributed by atoms with Gasteiger partial charge in [0.1, 0.15) is 5.75 Å². The van der Waals surface area contributed by atoms with Gasteiger partial charge in [0, 0.05) is 10.9 Å². The number of para-hydroxylation sites is 1. The molecule has 1 aromatic heterocycles. The molecule has 1 amide bonds. The van der Waals surface area contributed by atoms with Crippen LogP contribution in [-0.4, -0.2) is 37.2 Å². The number of nitrogens with zero attached hydrogens (tertiary/aromatic N) is 1. The maximum Gasteiger partial charge on any atom is 0.335 e. The minimum absolute atomic E-state index is 0.00974. The van der Waals surface area contributed by atoms with Crippen molar-refractivity contribution in [3.05, 3.63) is 89.5 Å². The molecule has 11 heteroatoms. The molecule has 10 nitrogen and oxygen atoms in total. The SMILES string of the molecule is CCCc1cc(C(=O)O)ccc1OC(C(=O)NS(=O)(=O)c1ccc2ccccc2n1)c1ccc2c(c1)OCO2. The van der Waals surface area contributed by atoms with Crippen LogP contribution in [0.3, 0.4) is 0 Å². The number of sulfonamides is 1. The topological polar surface area (TPSA) is 141 Å². The zero-order valence-corrected chi connectivity index (χ0v) is 21.6. The molecule has 0 saturated heterocycles. The number of rotatable bonds is 9. The molecule has 0 spiro atoms. The molecule has 0 fully saturated rings. The third kappa shape index (κ3) is 5.48. The van der Waals surface area contributed by atoms with Gasteiger partial charge in [-0.15, -0.1) is 0 Å². The summed E-state index contributed by atoms with van der Waals surface area (Å²) in [6.07, 6.45) is -0.269. The van der Waals surface area contributed by atoms with Gasteiger partial charge < -0.3 is 19.3 Å². The van der Waals surface area contributed by atoms with Crippen LogP contribution in [-0.2, 0) is 21.2 Å². The molecule has 0 bridgehead atoms. The molecule has 3 aromatic carbocycles. The number of amides is 1. The van der Waals surface area contributed by atoms with E-state index in [-0.39, 0.29) is 23.1 Å². The number of hydrogen-bond acceptors (Lipinski definition) is 8. The Balaban J connectivity index is 1.51. The van der Waals surface area contributed by atoms with E-state index >= 15 is 0 Å².